The number of anilines is 2. The Kier molecular flexibility index (Phi) is 5.55. The van der Waals surface area contributed by atoms with Crippen LogP contribution in [-0.4, -0.2) is 30.2 Å². The number of carbonyl (C=O) groups is 4. The van der Waals surface area contributed by atoms with Crippen molar-refractivity contribution in [1.82, 2.24) is 0 Å². The molecule has 174 valence electrons. The lowest BCUT2D eigenvalue weighted by Crippen LogP contribution is -2.31. The maximum Gasteiger partial charge on any atom is 0.316 e. The highest BCUT2D eigenvalue weighted by Crippen LogP contribution is 2.39. The normalized spacial score (nSPS) is 24.1. The first kappa shape index (κ1) is 22.1. The van der Waals surface area contributed by atoms with Crippen molar-refractivity contribution in [3.05, 3.63) is 65.7 Å². The smallest absolute Gasteiger partial charge is 0.316 e. The third-order valence-electron chi connectivity index (χ3n) is 7.00. The summed E-state index contributed by atoms with van der Waals surface area (Å²) in [4.78, 5) is 54.1. The summed E-state index contributed by atoms with van der Waals surface area (Å²) < 4.78 is 5.59. The monoisotopic (exact) mass is 458 g/mol. The average molecular weight is 459 g/mol. The van der Waals surface area contributed by atoms with Crippen molar-refractivity contribution >= 4 is 35.1 Å². The van der Waals surface area contributed by atoms with Gasteiger partial charge in [0, 0.05) is 18.7 Å². The van der Waals surface area contributed by atoms with E-state index in [0.29, 0.717) is 29.8 Å². The molecule has 5 rings (SSSR count). The molecular weight excluding hydrogens is 432 g/mol. The Morgan fingerprint density at radius 3 is 2.21 bits per heavy atom. The van der Waals surface area contributed by atoms with Crippen molar-refractivity contribution in [2.24, 2.45) is 17.8 Å². The summed E-state index contributed by atoms with van der Waals surface area (Å²) >= 11 is 0. The van der Waals surface area contributed by atoms with Crippen molar-refractivity contribution in [1.29, 1.82) is 0 Å². The Balaban J connectivity index is 1.29. The number of esters is 1. The van der Waals surface area contributed by atoms with Crippen LogP contribution in [0, 0.1) is 31.6 Å². The highest BCUT2D eigenvalue weighted by atomic mass is 16.5. The minimum atomic E-state index is -0.565. The molecule has 2 saturated heterocycles. The second-order valence-corrected chi connectivity index (χ2v) is 9.23. The number of allylic oxidation sites excluding steroid dienone is 2. The molecule has 0 aromatic heterocycles. The number of fused-ring (bicyclic) bond motifs is 1. The Bertz CT molecular complexity index is 1210. The zero-order valence-electron chi connectivity index (χ0n) is 19.2. The van der Waals surface area contributed by atoms with Gasteiger partial charge in [-0.1, -0.05) is 30.4 Å². The summed E-state index contributed by atoms with van der Waals surface area (Å²) in [6.07, 6.45) is 5.18. The van der Waals surface area contributed by atoms with Gasteiger partial charge in [0.25, 0.3) is 0 Å². The van der Waals surface area contributed by atoms with Gasteiger partial charge in [0.05, 0.1) is 23.4 Å². The minimum Gasteiger partial charge on any atom is -0.426 e. The van der Waals surface area contributed by atoms with Crippen molar-refractivity contribution in [2.75, 3.05) is 16.3 Å². The lowest BCUT2D eigenvalue weighted by molar-refractivity contribution is -0.139. The molecule has 2 fully saturated rings. The van der Waals surface area contributed by atoms with Crippen molar-refractivity contribution in [2.45, 2.75) is 33.1 Å². The molecule has 34 heavy (non-hydrogen) atoms. The van der Waals surface area contributed by atoms with Gasteiger partial charge >= 0.3 is 5.97 Å². The zero-order chi connectivity index (χ0) is 24.0. The molecule has 0 N–H and O–H groups in total. The molecule has 3 amide bonds. The van der Waals surface area contributed by atoms with Crippen LogP contribution in [0.1, 0.15) is 30.4 Å². The standard InChI is InChI=1S/C27H26N2O5/c1-16-7-3-6-10-22(16)28-15-18(14-24(28)30)27(33)34-19-11-12-23(17(2)13-19)29-25(31)20-8-4-5-9-21(20)26(29)32/h3-7,10-13,18,20-21H,8-9,14-15H2,1-2H3/t18-,20-,21-/m1/s1. The number of imide groups is 1. The van der Waals surface area contributed by atoms with Crippen molar-refractivity contribution < 1.29 is 23.9 Å². The largest absolute Gasteiger partial charge is 0.426 e. The van der Waals surface area contributed by atoms with Gasteiger partial charge in [-0.05, 0) is 62.1 Å². The van der Waals surface area contributed by atoms with E-state index in [1.54, 1.807) is 30.0 Å². The van der Waals surface area contributed by atoms with Crippen LogP contribution >= 0.6 is 0 Å². The molecule has 1 aliphatic carbocycles. The van der Waals surface area contributed by atoms with Crippen LogP contribution < -0.4 is 14.5 Å². The lowest BCUT2D eigenvalue weighted by atomic mass is 9.85. The van der Waals surface area contributed by atoms with Gasteiger partial charge in [0.2, 0.25) is 17.7 Å². The first-order valence-corrected chi connectivity index (χ1v) is 11.6. The second kappa shape index (κ2) is 8.56. The molecule has 3 atom stereocenters. The quantitative estimate of drug-likeness (QED) is 0.302. The SMILES string of the molecule is Cc1ccccc1N1C[C@H](C(=O)Oc2ccc(N3C(=O)[C@@H]4CC=CC[C@H]4C3=O)c(C)c2)CC1=O. The fraction of sp³-hybridized carbons (Fsp3) is 0.333. The van der Waals surface area contributed by atoms with E-state index in [1.807, 2.05) is 43.3 Å². The first-order chi connectivity index (χ1) is 16.3. The summed E-state index contributed by atoms with van der Waals surface area (Å²) in [5, 5.41) is 0. The van der Waals surface area contributed by atoms with Crippen molar-refractivity contribution in [3.8, 4) is 5.75 Å². The van der Waals surface area contributed by atoms with E-state index in [0.717, 1.165) is 11.3 Å². The van der Waals surface area contributed by atoms with Gasteiger partial charge in [-0.3, -0.25) is 19.2 Å². The van der Waals surface area contributed by atoms with Crippen LogP contribution in [0.5, 0.6) is 5.75 Å². The topological polar surface area (TPSA) is 84.0 Å². The molecule has 7 heteroatoms. The number of nitrogens with zero attached hydrogens (tertiary/aromatic N) is 2. The number of para-hydroxylation sites is 1. The third kappa shape index (κ3) is 3.71. The van der Waals surface area contributed by atoms with Gasteiger partial charge < -0.3 is 9.64 Å². The van der Waals surface area contributed by atoms with Crippen molar-refractivity contribution in [3.63, 3.8) is 0 Å². The molecule has 2 aliphatic heterocycles. The molecule has 2 aromatic rings. The van der Waals surface area contributed by atoms with E-state index < -0.39 is 11.9 Å². The predicted molar refractivity (Wildman–Crippen MR) is 126 cm³/mol. The molecule has 0 bridgehead atoms. The van der Waals surface area contributed by atoms with Crippen LogP contribution in [0.15, 0.2) is 54.6 Å². The van der Waals surface area contributed by atoms with Gasteiger partial charge in [-0.25, -0.2) is 4.90 Å². The molecule has 0 spiro atoms. The van der Waals surface area contributed by atoms with E-state index in [1.165, 1.54) is 4.90 Å². The maximum atomic E-state index is 12.9. The molecule has 7 nitrogen and oxygen atoms in total. The number of hydrogen-bond acceptors (Lipinski definition) is 5. The van der Waals surface area contributed by atoms with Gasteiger partial charge in [0.1, 0.15) is 5.75 Å². The van der Waals surface area contributed by atoms with E-state index in [-0.39, 0.29) is 42.5 Å². The Morgan fingerprint density at radius 2 is 1.56 bits per heavy atom. The fourth-order valence-corrected chi connectivity index (χ4v) is 5.14. The van der Waals surface area contributed by atoms with Crippen LogP contribution in [0.3, 0.4) is 0 Å². The number of amides is 3. The number of ether oxygens (including phenoxy) is 1. The molecular formula is C27H26N2O5. The summed E-state index contributed by atoms with van der Waals surface area (Å²) in [6.45, 7) is 3.99. The van der Waals surface area contributed by atoms with E-state index in [4.69, 9.17) is 4.74 Å². The summed E-state index contributed by atoms with van der Waals surface area (Å²) in [5.74, 6) is -1.76. The third-order valence-corrected chi connectivity index (χ3v) is 7.00. The Hall–Kier alpha value is -3.74. The zero-order valence-corrected chi connectivity index (χ0v) is 19.2. The number of benzene rings is 2. The van der Waals surface area contributed by atoms with Crippen LogP contribution in [-0.2, 0) is 19.2 Å². The van der Waals surface area contributed by atoms with Gasteiger partial charge in [0.15, 0.2) is 0 Å². The fourth-order valence-electron chi connectivity index (χ4n) is 5.14. The summed E-state index contributed by atoms with van der Waals surface area (Å²) in [7, 11) is 0. The van der Waals surface area contributed by atoms with E-state index >= 15 is 0 Å². The summed E-state index contributed by atoms with van der Waals surface area (Å²) in [6, 6.07) is 12.5. The van der Waals surface area contributed by atoms with E-state index in [2.05, 4.69) is 0 Å². The number of aryl methyl sites for hydroxylation is 2. The van der Waals surface area contributed by atoms with Crippen LogP contribution in [0.25, 0.3) is 0 Å². The predicted octanol–water partition coefficient (Wildman–Crippen LogP) is 3.72. The number of carbonyl (C=O) groups excluding carboxylic acids is 4. The minimum absolute atomic E-state index is 0.0951. The summed E-state index contributed by atoms with van der Waals surface area (Å²) in [5.41, 5.74) is 2.96. The highest BCUT2D eigenvalue weighted by Gasteiger charge is 2.48. The van der Waals surface area contributed by atoms with Gasteiger partial charge in [-0.15, -0.1) is 0 Å². The van der Waals surface area contributed by atoms with E-state index in [9.17, 15) is 19.2 Å². The Labute approximate surface area is 198 Å². The lowest BCUT2D eigenvalue weighted by Gasteiger charge is -2.19. The molecule has 0 radical (unpaired) electrons. The maximum absolute atomic E-state index is 12.9. The second-order valence-electron chi connectivity index (χ2n) is 9.23. The number of rotatable bonds is 4. The average Bonchev–Trinajstić information content (AvgIpc) is 3.33. The van der Waals surface area contributed by atoms with Gasteiger partial charge in [-0.2, -0.15) is 0 Å². The number of hydrogen-bond donors (Lipinski definition) is 0. The molecule has 0 unspecified atom stereocenters. The molecule has 2 aromatic carbocycles. The molecule has 3 aliphatic rings. The highest BCUT2D eigenvalue weighted by molar-refractivity contribution is 6.22. The van der Waals surface area contributed by atoms with Crippen LogP contribution in [0.4, 0.5) is 11.4 Å². The Morgan fingerprint density at radius 1 is 0.882 bits per heavy atom. The molecule has 2 heterocycles. The first-order valence-electron chi connectivity index (χ1n) is 11.6. The van der Waals surface area contributed by atoms with Crippen LogP contribution in [0.2, 0.25) is 0 Å². The molecule has 0 saturated carbocycles.